The molecule has 0 radical (unpaired) electrons. The molecule has 0 bridgehead atoms. The van der Waals surface area contributed by atoms with Gasteiger partial charge in [0.1, 0.15) is 0 Å². The number of methoxy groups -OCH3 is 1. The summed E-state index contributed by atoms with van der Waals surface area (Å²) in [6.45, 7) is 5.45. The van der Waals surface area contributed by atoms with Crippen molar-refractivity contribution in [3.8, 4) is 11.5 Å². The molecule has 1 aromatic rings. The van der Waals surface area contributed by atoms with Crippen LogP contribution in [0, 0.1) is 0 Å². The van der Waals surface area contributed by atoms with Crippen LogP contribution in [0.3, 0.4) is 0 Å². The fourth-order valence-corrected chi connectivity index (χ4v) is 2.36. The number of ether oxygens (including phenoxy) is 2. The van der Waals surface area contributed by atoms with Crippen molar-refractivity contribution in [2.24, 2.45) is 0 Å². The van der Waals surface area contributed by atoms with E-state index in [4.69, 9.17) is 15.2 Å². The number of nitrogens with zero attached hydrogens (tertiary/aromatic N) is 1. The Labute approximate surface area is 119 Å². The summed E-state index contributed by atoms with van der Waals surface area (Å²) in [6, 6.07) is 3.34. The van der Waals surface area contributed by atoms with E-state index in [-0.39, 0.29) is 12.0 Å². The van der Waals surface area contributed by atoms with Crippen molar-refractivity contribution >= 4 is 11.6 Å². The number of benzene rings is 1. The van der Waals surface area contributed by atoms with Gasteiger partial charge in [0.25, 0.3) is 5.91 Å². The van der Waals surface area contributed by atoms with Gasteiger partial charge >= 0.3 is 0 Å². The van der Waals surface area contributed by atoms with Gasteiger partial charge in [-0.2, -0.15) is 0 Å². The molecule has 1 amide bonds. The fourth-order valence-electron chi connectivity index (χ4n) is 2.36. The van der Waals surface area contributed by atoms with Gasteiger partial charge in [0.05, 0.1) is 18.8 Å². The van der Waals surface area contributed by atoms with Crippen molar-refractivity contribution in [1.29, 1.82) is 0 Å². The monoisotopic (exact) mass is 278 g/mol. The molecule has 5 heteroatoms. The van der Waals surface area contributed by atoms with E-state index in [1.807, 2.05) is 18.7 Å². The van der Waals surface area contributed by atoms with E-state index in [2.05, 4.69) is 0 Å². The first-order valence-corrected chi connectivity index (χ1v) is 6.96. The second kappa shape index (κ2) is 6.03. The molecule has 0 atom stereocenters. The van der Waals surface area contributed by atoms with E-state index in [0.29, 0.717) is 22.7 Å². The van der Waals surface area contributed by atoms with Crippen molar-refractivity contribution in [3.63, 3.8) is 0 Å². The zero-order chi connectivity index (χ0) is 14.7. The van der Waals surface area contributed by atoms with Crippen molar-refractivity contribution in [2.45, 2.75) is 32.8 Å². The standard InChI is InChI=1S/C15H22N2O3/c1-10(2)20-14-9-12(16)11(8-13(14)19-3)15(18)17-6-4-5-7-17/h8-10H,4-7,16H2,1-3H3. The molecule has 0 aromatic heterocycles. The van der Waals surface area contributed by atoms with Crippen molar-refractivity contribution < 1.29 is 14.3 Å². The average Bonchev–Trinajstić information content (AvgIpc) is 2.91. The molecule has 0 unspecified atom stereocenters. The molecule has 2 rings (SSSR count). The smallest absolute Gasteiger partial charge is 0.256 e. The SMILES string of the molecule is COc1cc(C(=O)N2CCCC2)c(N)cc1OC(C)C. The maximum atomic E-state index is 12.4. The van der Waals surface area contributed by atoms with Gasteiger partial charge in [-0.3, -0.25) is 4.79 Å². The number of rotatable bonds is 4. The predicted octanol–water partition coefficient (Wildman–Crippen LogP) is 2.30. The lowest BCUT2D eigenvalue weighted by Gasteiger charge is -2.19. The van der Waals surface area contributed by atoms with Gasteiger partial charge in [0.2, 0.25) is 0 Å². The average molecular weight is 278 g/mol. The van der Waals surface area contributed by atoms with Crippen LogP contribution >= 0.6 is 0 Å². The van der Waals surface area contributed by atoms with Crippen LogP contribution < -0.4 is 15.2 Å². The van der Waals surface area contributed by atoms with Crippen LogP contribution in [0.1, 0.15) is 37.0 Å². The van der Waals surface area contributed by atoms with Gasteiger partial charge in [-0.25, -0.2) is 0 Å². The summed E-state index contributed by atoms with van der Waals surface area (Å²) in [5.74, 6) is 1.07. The third kappa shape index (κ3) is 2.98. The molecule has 1 saturated heterocycles. The first-order valence-electron chi connectivity index (χ1n) is 6.96. The Bertz CT molecular complexity index is 494. The number of nitrogens with two attached hydrogens (primary N) is 1. The predicted molar refractivity (Wildman–Crippen MR) is 78.3 cm³/mol. The Morgan fingerprint density at radius 2 is 1.90 bits per heavy atom. The van der Waals surface area contributed by atoms with E-state index in [9.17, 15) is 4.79 Å². The Hall–Kier alpha value is -1.91. The minimum atomic E-state index is -0.0330. The van der Waals surface area contributed by atoms with Crippen molar-refractivity contribution in [2.75, 3.05) is 25.9 Å². The number of hydrogen-bond donors (Lipinski definition) is 1. The summed E-state index contributed by atoms with van der Waals surface area (Å²) in [6.07, 6.45) is 2.12. The molecule has 0 aliphatic carbocycles. The fraction of sp³-hybridized carbons (Fsp3) is 0.533. The first-order chi connectivity index (χ1) is 9.52. The molecule has 1 fully saturated rings. The molecule has 1 aliphatic rings. The molecule has 1 aromatic carbocycles. The van der Waals surface area contributed by atoms with Gasteiger partial charge in [-0.15, -0.1) is 0 Å². The molecule has 1 heterocycles. The lowest BCUT2D eigenvalue weighted by Crippen LogP contribution is -2.28. The molecule has 0 saturated carbocycles. The van der Waals surface area contributed by atoms with Crippen LogP contribution in [-0.2, 0) is 0 Å². The highest BCUT2D eigenvalue weighted by molar-refractivity contribution is 6.00. The summed E-state index contributed by atoms with van der Waals surface area (Å²) in [5, 5.41) is 0. The summed E-state index contributed by atoms with van der Waals surface area (Å²) in [7, 11) is 1.56. The quantitative estimate of drug-likeness (QED) is 0.858. The van der Waals surface area contributed by atoms with Crippen LogP contribution in [0.4, 0.5) is 5.69 Å². The van der Waals surface area contributed by atoms with E-state index in [1.165, 1.54) is 0 Å². The summed E-state index contributed by atoms with van der Waals surface area (Å²) in [4.78, 5) is 14.2. The lowest BCUT2D eigenvalue weighted by molar-refractivity contribution is 0.0793. The minimum absolute atomic E-state index is 0.0171. The summed E-state index contributed by atoms with van der Waals surface area (Å²) >= 11 is 0. The topological polar surface area (TPSA) is 64.8 Å². The van der Waals surface area contributed by atoms with Crippen LogP contribution in [0.15, 0.2) is 12.1 Å². The Balaban J connectivity index is 2.32. The van der Waals surface area contributed by atoms with Gasteiger partial charge in [0.15, 0.2) is 11.5 Å². The Morgan fingerprint density at radius 1 is 1.25 bits per heavy atom. The number of amides is 1. The third-order valence-corrected chi connectivity index (χ3v) is 3.32. The third-order valence-electron chi connectivity index (χ3n) is 3.32. The molecular formula is C15H22N2O3. The van der Waals surface area contributed by atoms with E-state index < -0.39 is 0 Å². The largest absolute Gasteiger partial charge is 0.493 e. The van der Waals surface area contributed by atoms with Crippen LogP contribution in [0.25, 0.3) is 0 Å². The zero-order valence-electron chi connectivity index (χ0n) is 12.3. The number of carbonyl (C=O) groups excluding carboxylic acids is 1. The minimum Gasteiger partial charge on any atom is -0.493 e. The van der Waals surface area contributed by atoms with Crippen LogP contribution in [0.5, 0.6) is 11.5 Å². The zero-order valence-corrected chi connectivity index (χ0v) is 12.3. The molecule has 1 aliphatic heterocycles. The summed E-state index contributed by atoms with van der Waals surface area (Å²) in [5.41, 5.74) is 6.92. The van der Waals surface area contributed by atoms with Crippen molar-refractivity contribution in [1.82, 2.24) is 4.90 Å². The Kier molecular flexibility index (Phi) is 4.37. The van der Waals surface area contributed by atoms with Crippen molar-refractivity contribution in [3.05, 3.63) is 17.7 Å². The van der Waals surface area contributed by atoms with Crippen LogP contribution in [-0.4, -0.2) is 37.1 Å². The van der Waals surface area contributed by atoms with Gasteiger partial charge in [-0.1, -0.05) is 0 Å². The van der Waals surface area contributed by atoms with Gasteiger partial charge in [0, 0.05) is 24.8 Å². The second-order valence-electron chi connectivity index (χ2n) is 5.26. The first kappa shape index (κ1) is 14.5. The number of nitrogen functional groups attached to an aromatic ring is 1. The van der Waals surface area contributed by atoms with Gasteiger partial charge < -0.3 is 20.1 Å². The highest BCUT2D eigenvalue weighted by atomic mass is 16.5. The maximum absolute atomic E-state index is 12.4. The van der Waals surface area contributed by atoms with E-state index >= 15 is 0 Å². The molecule has 20 heavy (non-hydrogen) atoms. The van der Waals surface area contributed by atoms with E-state index in [0.717, 1.165) is 25.9 Å². The number of carbonyl (C=O) groups is 1. The maximum Gasteiger partial charge on any atom is 0.256 e. The van der Waals surface area contributed by atoms with E-state index in [1.54, 1.807) is 19.2 Å². The number of hydrogen-bond acceptors (Lipinski definition) is 4. The van der Waals surface area contributed by atoms with Gasteiger partial charge in [-0.05, 0) is 32.8 Å². The number of anilines is 1. The van der Waals surface area contributed by atoms with Crippen LogP contribution in [0.2, 0.25) is 0 Å². The molecule has 2 N–H and O–H groups in total. The molecule has 110 valence electrons. The highest BCUT2D eigenvalue weighted by Crippen LogP contribution is 2.33. The Morgan fingerprint density at radius 3 is 2.45 bits per heavy atom. The normalized spacial score (nSPS) is 14.7. The highest BCUT2D eigenvalue weighted by Gasteiger charge is 2.23. The molecular weight excluding hydrogens is 256 g/mol. The summed E-state index contributed by atoms with van der Waals surface area (Å²) < 4.78 is 11.0. The molecule has 0 spiro atoms. The number of likely N-dealkylation sites (tertiary alicyclic amines) is 1. The second-order valence-corrected chi connectivity index (χ2v) is 5.26. The molecule has 5 nitrogen and oxygen atoms in total. The lowest BCUT2D eigenvalue weighted by atomic mass is 10.1.